The van der Waals surface area contributed by atoms with Crippen LogP contribution in [0.4, 0.5) is 0 Å². The number of hydrogen-bond acceptors (Lipinski definition) is 1. The van der Waals surface area contributed by atoms with Gasteiger partial charge in [0.25, 0.3) is 0 Å². The highest BCUT2D eigenvalue weighted by Crippen LogP contribution is 2.68. The van der Waals surface area contributed by atoms with Crippen molar-refractivity contribution in [3.63, 3.8) is 0 Å². The number of aromatic amines is 1. The molecule has 4 rings (SSSR count). The van der Waals surface area contributed by atoms with Crippen molar-refractivity contribution in [1.29, 1.82) is 0 Å². The monoisotopic (exact) mass is 316 g/mol. The highest BCUT2D eigenvalue weighted by molar-refractivity contribution is 6.35. The van der Waals surface area contributed by atoms with Gasteiger partial charge in [-0.05, 0) is 66.9 Å². The van der Waals surface area contributed by atoms with Crippen molar-refractivity contribution in [3.05, 3.63) is 28.9 Å². The van der Waals surface area contributed by atoms with E-state index in [1.165, 1.54) is 31.4 Å². The summed E-state index contributed by atoms with van der Waals surface area (Å²) in [5.74, 6) is 3.45. The number of nitrogens with zero attached hydrogens (tertiary/aromatic N) is 1. The molecule has 2 aliphatic rings. The van der Waals surface area contributed by atoms with Crippen LogP contribution in [0, 0.1) is 23.2 Å². The molecule has 2 unspecified atom stereocenters. The van der Waals surface area contributed by atoms with Gasteiger partial charge in [0.2, 0.25) is 0 Å². The van der Waals surface area contributed by atoms with Gasteiger partial charge in [-0.15, -0.1) is 0 Å². The maximum absolute atomic E-state index is 6.37. The van der Waals surface area contributed by atoms with Crippen LogP contribution in [-0.2, 0) is 0 Å². The minimum atomic E-state index is 0.495. The van der Waals surface area contributed by atoms with Crippen LogP contribution in [0.25, 0.3) is 10.9 Å². The number of nitrogens with one attached hydrogen (secondary N) is 1. The Morgan fingerprint density at radius 2 is 2.05 bits per heavy atom. The molecule has 2 fully saturated rings. The molecule has 3 heteroatoms. The summed E-state index contributed by atoms with van der Waals surface area (Å²) in [7, 11) is 0. The Morgan fingerprint density at radius 1 is 1.32 bits per heavy atom. The molecule has 0 bridgehead atoms. The van der Waals surface area contributed by atoms with Crippen molar-refractivity contribution in [2.24, 2.45) is 23.2 Å². The molecule has 1 heterocycles. The number of halogens is 1. The van der Waals surface area contributed by atoms with Gasteiger partial charge in [-0.2, -0.15) is 5.10 Å². The molecule has 0 aliphatic heterocycles. The van der Waals surface area contributed by atoms with E-state index in [0.717, 1.165) is 33.7 Å². The lowest BCUT2D eigenvalue weighted by Gasteiger charge is -2.19. The summed E-state index contributed by atoms with van der Waals surface area (Å²) in [6.07, 6.45) is 5.48. The zero-order valence-corrected chi connectivity index (χ0v) is 14.5. The van der Waals surface area contributed by atoms with Crippen LogP contribution in [0.3, 0.4) is 0 Å². The predicted octanol–water partition coefficient (Wildman–Crippen LogP) is 5.78. The van der Waals surface area contributed by atoms with E-state index in [4.69, 9.17) is 11.6 Å². The van der Waals surface area contributed by atoms with E-state index in [1.807, 2.05) is 18.2 Å². The second-order valence-electron chi connectivity index (χ2n) is 8.12. The molecule has 0 spiro atoms. The normalized spacial score (nSPS) is 30.5. The highest BCUT2D eigenvalue weighted by Gasteiger charge is 2.61. The number of hydrogen-bond donors (Lipinski definition) is 1. The van der Waals surface area contributed by atoms with Crippen LogP contribution in [0.1, 0.15) is 58.1 Å². The van der Waals surface area contributed by atoms with Crippen molar-refractivity contribution in [3.8, 4) is 0 Å². The molecule has 2 aliphatic carbocycles. The number of rotatable bonds is 4. The van der Waals surface area contributed by atoms with Gasteiger partial charge in [0.05, 0.1) is 10.5 Å². The van der Waals surface area contributed by atoms with Crippen LogP contribution in [-0.4, -0.2) is 10.2 Å². The fourth-order valence-electron chi connectivity index (χ4n) is 4.88. The second kappa shape index (κ2) is 4.99. The van der Waals surface area contributed by atoms with Gasteiger partial charge in [0, 0.05) is 11.1 Å². The van der Waals surface area contributed by atoms with Gasteiger partial charge in [-0.1, -0.05) is 38.4 Å². The van der Waals surface area contributed by atoms with Gasteiger partial charge in [-0.25, -0.2) is 0 Å². The van der Waals surface area contributed by atoms with E-state index in [2.05, 4.69) is 31.0 Å². The molecule has 2 saturated carbocycles. The summed E-state index contributed by atoms with van der Waals surface area (Å²) in [6.45, 7) is 7.19. The van der Waals surface area contributed by atoms with E-state index in [1.54, 1.807) is 0 Å². The number of fused-ring (bicyclic) bond motifs is 2. The maximum Gasteiger partial charge on any atom is 0.0938 e. The summed E-state index contributed by atoms with van der Waals surface area (Å²) >= 11 is 6.37. The van der Waals surface area contributed by atoms with Crippen LogP contribution in [0.2, 0.25) is 5.02 Å². The fraction of sp³-hybridized carbons (Fsp3) is 0.632. The third-order valence-electron chi connectivity index (χ3n) is 6.52. The standard InChI is InChI=1S/C19H25ClN2/c1-11(7-8-12-9-13-14(10-12)19(13,2)3)18-17-15(20)5-4-6-16(17)21-22-18/h4-6,11-14H,7-10H2,1-3H3,(H,21,22)/t11?,12?,13-,14+. The van der Waals surface area contributed by atoms with Gasteiger partial charge in [0.15, 0.2) is 0 Å². The lowest BCUT2D eigenvalue weighted by atomic mass is 9.87. The molecule has 22 heavy (non-hydrogen) atoms. The van der Waals surface area contributed by atoms with E-state index >= 15 is 0 Å². The Kier molecular flexibility index (Phi) is 3.30. The van der Waals surface area contributed by atoms with Gasteiger partial charge in [-0.3, -0.25) is 5.10 Å². The van der Waals surface area contributed by atoms with Crippen LogP contribution < -0.4 is 0 Å². The van der Waals surface area contributed by atoms with E-state index in [0.29, 0.717) is 11.3 Å². The van der Waals surface area contributed by atoms with E-state index in [-0.39, 0.29) is 0 Å². The highest BCUT2D eigenvalue weighted by atomic mass is 35.5. The SMILES string of the molecule is CC(CCC1C[C@@H]2[C@H](C1)C2(C)C)c1[nH]nc2cccc(Cl)c12. The third-order valence-corrected chi connectivity index (χ3v) is 6.84. The third kappa shape index (κ3) is 2.19. The summed E-state index contributed by atoms with van der Waals surface area (Å²) < 4.78 is 0. The fourth-order valence-corrected chi connectivity index (χ4v) is 5.15. The smallest absolute Gasteiger partial charge is 0.0938 e. The molecule has 2 aromatic rings. The lowest BCUT2D eigenvalue weighted by Crippen LogP contribution is -2.07. The molecular weight excluding hydrogens is 292 g/mol. The zero-order valence-electron chi connectivity index (χ0n) is 13.7. The molecule has 1 aromatic carbocycles. The second-order valence-corrected chi connectivity index (χ2v) is 8.53. The van der Waals surface area contributed by atoms with E-state index in [9.17, 15) is 0 Å². The minimum absolute atomic E-state index is 0.495. The van der Waals surface area contributed by atoms with Gasteiger partial charge < -0.3 is 0 Å². The average Bonchev–Trinajstić information content (AvgIpc) is 2.94. The number of benzene rings is 1. The molecule has 4 atom stereocenters. The first-order chi connectivity index (χ1) is 10.5. The van der Waals surface area contributed by atoms with Gasteiger partial charge in [0.1, 0.15) is 0 Å². The molecule has 0 amide bonds. The first-order valence-corrected chi connectivity index (χ1v) is 8.98. The first kappa shape index (κ1) is 14.6. The Morgan fingerprint density at radius 3 is 2.77 bits per heavy atom. The van der Waals surface area contributed by atoms with Crippen LogP contribution >= 0.6 is 11.6 Å². The van der Waals surface area contributed by atoms with Crippen LogP contribution in [0.15, 0.2) is 18.2 Å². The molecule has 2 nitrogen and oxygen atoms in total. The Hall–Kier alpha value is -1.02. The predicted molar refractivity (Wildman–Crippen MR) is 92.2 cm³/mol. The summed E-state index contributed by atoms with van der Waals surface area (Å²) in [6, 6.07) is 5.95. The van der Waals surface area contributed by atoms with Gasteiger partial charge >= 0.3 is 0 Å². The molecule has 1 aromatic heterocycles. The number of H-pyrrole nitrogens is 1. The van der Waals surface area contributed by atoms with Crippen molar-refractivity contribution in [2.45, 2.75) is 52.4 Å². The molecular formula is C19H25ClN2. The van der Waals surface area contributed by atoms with Crippen molar-refractivity contribution >= 4 is 22.5 Å². The maximum atomic E-state index is 6.37. The van der Waals surface area contributed by atoms with E-state index < -0.39 is 0 Å². The Bertz CT molecular complexity index is 689. The Labute approximate surface area is 137 Å². The summed E-state index contributed by atoms with van der Waals surface area (Å²) in [5.41, 5.74) is 2.84. The topological polar surface area (TPSA) is 28.7 Å². The minimum Gasteiger partial charge on any atom is -0.281 e. The molecule has 0 saturated heterocycles. The first-order valence-electron chi connectivity index (χ1n) is 8.61. The van der Waals surface area contributed by atoms with Crippen molar-refractivity contribution in [2.75, 3.05) is 0 Å². The number of aromatic nitrogens is 2. The van der Waals surface area contributed by atoms with Crippen molar-refractivity contribution in [1.82, 2.24) is 10.2 Å². The lowest BCUT2D eigenvalue weighted by molar-refractivity contribution is 0.346. The zero-order chi connectivity index (χ0) is 15.5. The molecule has 0 radical (unpaired) electrons. The quantitative estimate of drug-likeness (QED) is 0.760. The van der Waals surface area contributed by atoms with Crippen molar-refractivity contribution < 1.29 is 0 Å². The van der Waals surface area contributed by atoms with Crippen LogP contribution in [0.5, 0.6) is 0 Å². The molecule has 1 N–H and O–H groups in total. The largest absolute Gasteiger partial charge is 0.281 e. The average molecular weight is 317 g/mol. The summed E-state index contributed by atoms with van der Waals surface area (Å²) in [5, 5.41) is 9.57. The summed E-state index contributed by atoms with van der Waals surface area (Å²) in [4.78, 5) is 0. The Balaban J connectivity index is 1.41. The molecule has 118 valence electrons.